The highest BCUT2D eigenvalue weighted by Crippen LogP contribution is 2.37. The van der Waals surface area contributed by atoms with Crippen LogP contribution in [0.5, 0.6) is 0 Å². The average molecular weight is 284 g/mol. The molecule has 1 aromatic rings. The Hall–Kier alpha value is -1.56. The van der Waals surface area contributed by atoms with Crippen LogP contribution in [0.15, 0.2) is 12.1 Å². The van der Waals surface area contributed by atoms with Crippen LogP contribution in [0.1, 0.15) is 38.7 Å². The maximum Gasteiger partial charge on any atom is 0.305 e. The summed E-state index contributed by atoms with van der Waals surface area (Å²) in [5.74, 6) is -1.89. The summed E-state index contributed by atoms with van der Waals surface area (Å²) in [4.78, 5) is 9.82. The van der Waals surface area contributed by atoms with E-state index in [1.807, 2.05) is 0 Å². The van der Waals surface area contributed by atoms with Crippen LogP contribution in [0.25, 0.3) is 0 Å². The smallest absolute Gasteiger partial charge is 0.305 e. The molecule has 110 valence electrons. The largest absolute Gasteiger partial charge is 0.310 e. The minimum atomic E-state index is -1.14. The van der Waals surface area contributed by atoms with E-state index in [-0.39, 0.29) is 23.6 Å². The van der Waals surface area contributed by atoms with Crippen molar-refractivity contribution in [1.82, 2.24) is 5.32 Å². The van der Waals surface area contributed by atoms with Crippen LogP contribution in [0.2, 0.25) is 0 Å². The van der Waals surface area contributed by atoms with Gasteiger partial charge in [-0.2, -0.15) is 4.39 Å². The molecule has 1 unspecified atom stereocenters. The molecule has 0 aromatic heterocycles. The minimum absolute atomic E-state index is 0.128. The van der Waals surface area contributed by atoms with Gasteiger partial charge >= 0.3 is 5.69 Å². The maximum absolute atomic E-state index is 13.6. The van der Waals surface area contributed by atoms with E-state index in [2.05, 4.69) is 19.2 Å². The molecule has 1 aromatic carbocycles. The molecule has 0 saturated heterocycles. The topological polar surface area (TPSA) is 55.2 Å². The highest BCUT2D eigenvalue weighted by Gasteiger charge is 2.30. The Morgan fingerprint density at radius 3 is 2.65 bits per heavy atom. The second-order valence-electron chi connectivity index (χ2n) is 6.14. The van der Waals surface area contributed by atoms with Crippen LogP contribution in [0.4, 0.5) is 14.5 Å². The van der Waals surface area contributed by atoms with Gasteiger partial charge < -0.3 is 5.32 Å². The fourth-order valence-corrected chi connectivity index (χ4v) is 2.72. The number of nitrogens with one attached hydrogen (secondary N) is 1. The van der Waals surface area contributed by atoms with Crippen LogP contribution < -0.4 is 5.32 Å². The lowest BCUT2D eigenvalue weighted by Crippen LogP contribution is -2.27. The van der Waals surface area contributed by atoms with Crippen molar-refractivity contribution in [2.75, 3.05) is 0 Å². The van der Waals surface area contributed by atoms with Crippen molar-refractivity contribution in [1.29, 1.82) is 0 Å². The van der Waals surface area contributed by atoms with Crippen LogP contribution in [0, 0.1) is 27.2 Å². The molecule has 1 saturated carbocycles. The fourth-order valence-electron chi connectivity index (χ4n) is 2.72. The monoisotopic (exact) mass is 284 g/mol. The van der Waals surface area contributed by atoms with Crippen molar-refractivity contribution in [2.24, 2.45) is 5.41 Å². The van der Waals surface area contributed by atoms with Crippen molar-refractivity contribution >= 4 is 5.69 Å². The third kappa shape index (κ3) is 3.30. The van der Waals surface area contributed by atoms with Gasteiger partial charge in [-0.15, -0.1) is 0 Å². The lowest BCUT2D eigenvalue weighted by atomic mass is 9.92. The van der Waals surface area contributed by atoms with E-state index in [0.717, 1.165) is 25.3 Å². The lowest BCUT2D eigenvalue weighted by Gasteiger charge is -2.18. The molecule has 0 amide bonds. The Bertz CT molecular complexity index is 532. The van der Waals surface area contributed by atoms with Gasteiger partial charge in [-0.3, -0.25) is 10.1 Å². The summed E-state index contributed by atoms with van der Waals surface area (Å²) in [5, 5.41) is 13.8. The van der Waals surface area contributed by atoms with Gasteiger partial charge in [-0.25, -0.2) is 4.39 Å². The van der Waals surface area contributed by atoms with Crippen molar-refractivity contribution < 1.29 is 13.7 Å². The van der Waals surface area contributed by atoms with Gasteiger partial charge in [0.25, 0.3) is 0 Å². The molecule has 1 aliphatic carbocycles. The first kappa shape index (κ1) is 14.8. The fraction of sp³-hybridized carbons (Fsp3) is 0.571. The van der Waals surface area contributed by atoms with Crippen LogP contribution >= 0.6 is 0 Å². The van der Waals surface area contributed by atoms with Crippen LogP contribution in [-0.4, -0.2) is 11.0 Å². The Balaban J connectivity index is 2.06. The lowest BCUT2D eigenvalue weighted by molar-refractivity contribution is -0.387. The van der Waals surface area contributed by atoms with Gasteiger partial charge in [-0.05, 0) is 24.7 Å². The molecule has 20 heavy (non-hydrogen) atoms. The third-order valence-electron chi connectivity index (χ3n) is 3.86. The second kappa shape index (κ2) is 5.44. The maximum atomic E-state index is 13.6. The second-order valence-corrected chi connectivity index (χ2v) is 6.14. The zero-order valence-corrected chi connectivity index (χ0v) is 11.6. The first-order chi connectivity index (χ1) is 9.28. The van der Waals surface area contributed by atoms with Crippen molar-refractivity contribution in [3.63, 3.8) is 0 Å². The van der Waals surface area contributed by atoms with Crippen LogP contribution in [0.3, 0.4) is 0 Å². The highest BCUT2D eigenvalue weighted by atomic mass is 19.1. The summed E-state index contributed by atoms with van der Waals surface area (Å²) >= 11 is 0. The molecule has 1 fully saturated rings. The van der Waals surface area contributed by atoms with Crippen molar-refractivity contribution in [2.45, 2.75) is 45.7 Å². The normalized spacial score (nSPS) is 21.1. The zero-order chi connectivity index (χ0) is 14.9. The molecule has 0 spiro atoms. The third-order valence-corrected chi connectivity index (χ3v) is 3.86. The molecular weight excluding hydrogens is 266 g/mol. The van der Waals surface area contributed by atoms with E-state index < -0.39 is 22.2 Å². The minimum Gasteiger partial charge on any atom is -0.310 e. The van der Waals surface area contributed by atoms with E-state index in [0.29, 0.717) is 6.07 Å². The molecule has 6 heteroatoms. The molecule has 0 aliphatic heterocycles. The number of nitro groups is 1. The molecular formula is C14H18F2N2O2. The molecule has 0 heterocycles. The van der Waals surface area contributed by atoms with Crippen molar-refractivity contribution in [3.05, 3.63) is 39.4 Å². The number of nitro benzene ring substituents is 1. The van der Waals surface area contributed by atoms with Gasteiger partial charge in [0.05, 0.1) is 4.92 Å². The summed E-state index contributed by atoms with van der Waals surface area (Å²) in [7, 11) is 0. The summed E-state index contributed by atoms with van der Waals surface area (Å²) in [6.07, 6.45) is 3.08. The summed E-state index contributed by atoms with van der Waals surface area (Å²) < 4.78 is 26.8. The standard InChI is InChI=1S/C14H18F2N2O2/c1-14(2)4-3-10(7-14)17-8-9-5-13(18(19)20)12(16)6-11(9)15/h5-6,10,17H,3-4,7-8H2,1-2H3. The van der Waals surface area contributed by atoms with E-state index in [9.17, 15) is 18.9 Å². The molecule has 4 nitrogen and oxygen atoms in total. The van der Waals surface area contributed by atoms with E-state index in [4.69, 9.17) is 0 Å². The summed E-state index contributed by atoms with van der Waals surface area (Å²) in [6, 6.07) is 1.82. The first-order valence-electron chi connectivity index (χ1n) is 6.64. The number of rotatable bonds is 4. The number of hydrogen-bond donors (Lipinski definition) is 1. The molecule has 1 aliphatic rings. The van der Waals surface area contributed by atoms with Gasteiger partial charge in [0, 0.05) is 30.3 Å². The Morgan fingerprint density at radius 2 is 2.10 bits per heavy atom. The SMILES string of the molecule is CC1(C)CCC(NCc2cc([N+](=O)[O-])c(F)cc2F)C1. The molecule has 2 rings (SSSR count). The van der Waals surface area contributed by atoms with E-state index in [1.54, 1.807) is 0 Å². The molecule has 0 radical (unpaired) electrons. The Morgan fingerprint density at radius 1 is 1.40 bits per heavy atom. The van der Waals surface area contributed by atoms with E-state index >= 15 is 0 Å². The summed E-state index contributed by atoms with van der Waals surface area (Å²) in [6.45, 7) is 4.53. The van der Waals surface area contributed by atoms with Crippen LogP contribution in [-0.2, 0) is 6.54 Å². The van der Waals surface area contributed by atoms with Gasteiger partial charge in [-0.1, -0.05) is 13.8 Å². The number of nitrogens with zero attached hydrogens (tertiary/aromatic N) is 1. The number of halogens is 2. The van der Waals surface area contributed by atoms with Crippen molar-refractivity contribution in [3.8, 4) is 0 Å². The average Bonchev–Trinajstić information content (AvgIpc) is 2.67. The quantitative estimate of drug-likeness (QED) is 0.679. The Kier molecular flexibility index (Phi) is 4.04. The summed E-state index contributed by atoms with van der Waals surface area (Å²) in [5.41, 5.74) is -0.289. The zero-order valence-electron chi connectivity index (χ0n) is 11.6. The van der Waals surface area contributed by atoms with E-state index in [1.165, 1.54) is 0 Å². The number of hydrogen-bond acceptors (Lipinski definition) is 3. The molecule has 1 N–H and O–H groups in total. The van der Waals surface area contributed by atoms with Gasteiger partial charge in [0.1, 0.15) is 5.82 Å². The predicted octanol–water partition coefficient (Wildman–Crippen LogP) is 3.54. The predicted molar refractivity (Wildman–Crippen MR) is 71.3 cm³/mol. The van der Waals surface area contributed by atoms with Gasteiger partial charge in [0.2, 0.25) is 5.82 Å². The first-order valence-corrected chi connectivity index (χ1v) is 6.64. The Labute approximate surface area is 116 Å². The number of benzene rings is 1. The molecule has 1 atom stereocenters. The van der Waals surface area contributed by atoms with Gasteiger partial charge in [0.15, 0.2) is 0 Å². The highest BCUT2D eigenvalue weighted by molar-refractivity contribution is 5.37. The molecule has 0 bridgehead atoms.